The van der Waals surface area contributed by atoms with Crippen molar-refractivity contribution in [1.29, 1.82) is 0 Å². The zero-order valence-corrected chi connectivity index (χ0v) is 9.00. The Hall–Kier alpha value is -0.0900. The molecule has 0 fully saturated rings. The molecule has 0 saturated carbocycles. The Morgan fingerprint density at radius 1 is 0.917 bits per heavy atom. The summed E-state index contributed by atoms with van der Waals surface area (Å²) in [6.45, 7) is 2.25. The largest absolute Gasteiger partial charge is 0.0922 e. The second-order valence-electron chi connectivity index (χ2n) is 3.16. The number of unbranched alkanes of at least 4 members (excludes halogenated alkanes) is 7. The maximum absolute atomic E-state index is 3.83. The molecular weight excluding hydrogens is 164 g/mol. The van der Waals surface area contributed by atoms with E-state index in [1.165, 1.54) is 44.9 Å². The van der Waals surface area contributed by atoms with Crippen molar-refractivity contribution in [3.05, 3.63) is 0 Å². The first-order chi connectivity index (χ1) is 5.91. The molecule has 0 rings (SSSR count). The summed E-state index contributed by atoms with van der Waals surface area (Å²) in [6, 6.07) is 0. The fourth-order valence-electron chi connectivity index (χ4n) is 1.23. The Balaban J connectivity index is 2.84. The van der Waals surface area contributed by atoms with Crippen LogP contribution in [0.5, 0.6) is 0 Å². The van der Waals surface area contributed by atoms with Gasteiger partial charge in [-0.25, -0.2) is 0 Å². The minimum atomic E-state index is 1.03. The molecule has 0 aliphatic heterocycles. The van der Waals surface area contributed by atoms with Crippen LogP contribution >= 0.6 is 12.6 Å². The number of hydrogen-bond donors (Lipinski definition) is 1. The molecule has 0 nitrogen and oxygen atoms in total. The highest BCUT2D eigenvalue weighted by Crippen LogP contribution is 2.07. The Morgan fingerprint density at radius 2 is 1.50 bits per heavy atom. The molecule has 0 spiro atoms. The molecule has 0 amide bonds. The van der Waals surface area contributed by atoms with Crippen molar-refractivity contribution < 1.29 is 0 Å². The minimum Gasteiger partial charge on any atom is -0.0922 e. The molecule has 0 atom stereocenters. The maximum atomic E-state index is 3.83. The van der Waals surface area contributed by atoms with Gasteiger partial charge in [0.25, 0.3) is 0 Å². The first kappa shape index (κ1) is 11.9. The fourth-order valence-corrected chi connectivity index (χ4v) is 1.34. The van der Waals surface area contributed by atoms with Crippen molar-refractivity contribution in [1.82, 2.24) is 0 Å². The SMILES string of the molecule is CCCCCCCCCC#CS. The van der Waals surface area contributed by atoms with Crippen molar-refractivity contribution in [2.45, 2.75) is 58.3 Å². The normalized spacial score (nSPS) is 9.17. The van der Waals surface area contributed by atoms with Gasteiger partial charge in [-0.2, -0.15) is 0 Å². The number of rotatable bonds is 7. The van der Waals surface area contributed by atoms with E-state index >= 15 is 0 Å². The maximum Gasteiger partial charge on any atom is 0.00975 e. The van der Waals surface area contributed by atoms with E-state index in [0.29, 0.717) is 0 Å². The third-order valence-corrected chi connectivity index (χ3v) is 2.14. The van der Waals surface area contributed by atoms with Crippen LogP contribution in [0.25, 0.3) is 0 Å². The van der Waals surface area contributed by atoms with E-state index in [-0.39, 0.29) is 0 Å². The van der Waals surface area contributed by atoms with E-state index in [4.69, 9.17) is 0 Å². The molecular formula is C11H20S. The molecule has 0 unspecified atom stereocenters. The average Bonchev–Trinajstić information content (AvgIpc) is 2.10. The quantitative estimate of drug-likeness (QED) is 0.345. The first-order valence-electron chi connectivity index (χ1n) is 5.03. The van der Waals surface area contributed by atoms with Gasteiger partial charge in [0, 0.05) is 6.42 Å². The van der Waals surface area contributed by atoms with E-state index in [9.17, 15) is 0 Å². The van der Waals surface area contributed by atoms with E-state index in [1.807, 2.05) is 0 Å². The lowest BCUT2D eigenvalue weighted by atomic mass is 10.1. The molecule has 0 radical (unpaired) electrons. The fraction of sp³-hybridized carbons (Fsp3) is 0.818. The van der Waals surface area contributed by atoms with E-state index < -0.39 is 0 Å². The molecule has 0 aromatic rings. The zero-order valence-electron chi connectivity index (χ0n) is 8.10. The van der Waals surface area contributed by atoms with Gasteiger partial charge in [-0.05, 0) is 11.7 Å². The minimum absolute atomic E-state index is 1.03. The molecule has 0 aromatic heterocycles. The molecule has 0 heterocycles. The van der Waals surface area contributed by atoms with Crippen LogP contribution in [0.3, 0.4) is 0 Å². The summed E-state index contributed by atoms with van der Waals surface area (Å²) < 4.78 is 0. The van der Waals surface area contributed by atoms with Crippen molar-refractivity contribution in [3.63, 3.8) is 0 Å². The third-order valence-electron chi connectivity index (χ3n) is 1.98. The first-order valence-corrected chi connectivity index (χ1v) is 5.48. The monoisotopic (exact) mass is 184 g/mol. The summed E-state index contributed by atoms with van der Waals surface area (Å²) >= 11 is 3.83. The van der Waals surface area contributed by atoms with Gasteiger partial charge in [-0.1, -0.05) is 64.0 Å². The predicted octanol–water partition coefficient (Wildman–Crippen LogP) is 4.02. The lowest BCUT2D eigenvalue weighted by Gasteiger charge is -1.97. The van der Waals surface area contributed by atoms with Crippen molar-refractivity contribution in [2.75, 3.05) is 0 Å². The van der Waals surface area contributed by atoms with Gasteiger partial charge < -0.3 is 0 Å². The van der Waals surface area contributed by atoms with Gasteiger partial charge in [0.15, 0.2) is 0 Å². The van der Waals surface area contributed by atoms with Gasteiger partial charge in [0.1, 0.15) is 0 Å². The number of hydrogen-bond acceptors (Lipinski definition) is 1. The molecule has 70 valence electrons. The molecule has 0 bridgehead atoms. The van der Waals surface area contributed by atoms with Crippen LogP contribution in [0.1, 0.15) is 58.3 Å². The summed E-state index contributed by atoms with van der Waals surface area (Å²) in [5.74, 6) is 2.96. The Bertz CT molecular complexity index is 130. The summed E-state index contributed by atoms with van der Waals surface area (Å²) in [5, 5.41) is 2.62. The van der Waals surface area contributed by atoms with Crippen molar-refractivity contribution in [2.24, 2.45) is 0 Å². The number of thiol groups is 1. The second-order valence-corrected chi connectivity index (χ2v) is 3.38. The van der Waals surface area contributed by atoms with E-state index in [0.717, 1.165) is 6.42 Å². The molecule has 0 saturated heterocycles. The summed E-state index contributed by atoms with van der Waals surface area (Å²) in [7, 11) is 0. The highest BCUT2D eigenvalue weighted by Gasteiger charge is 1.88. The van der Waals surface area contributed by atoms with Crippen LogP contribution in [0.15, 0.2) is 0 Å². The van der Waals surface area contributed by atoms with Gasteiger partial charge >= 0.3 is 0 Å². The summed E-state index contributed by atoms with van der Waals surface area (Å²) in [4.78, 5) is 0. The van der Waals surface area contributed by atoms with Crippen molar-refractivity contribution in [3.8, 4) is 11.2 Å². The van der Waals surface area contributed by atoms with Gasteiger partial charge in [0.2, 0.25) is 0 Å². The highest BCUT2D eigenvalue weighted by atomic mass is 32.1. The molecule has 0 N–H and O–H groups in total. The smallest absolute Gasteiger partial charge is 0.00975 e. The highest BCUT2D eigenvalue weighted by molar-refractivity contribution is 7.85. The lowest BCUT2D eigenvalue weighted by Crippen LogP contribution is -1.78. The average molecular weight is 184 g/mol. The summed E-state index contributed by atoms with van der Waals surface area (Å²) in [5.41, 5.74) is 0. The predicted molar refractivity (Wildman–Crippen MR) is 59.4 cm³/mol. The zero-order chi connectivity index (χ0) is 9.07. The Morgan fingerprint density at radius 3 is 2.08 bits per heavy atom. The van der Waals surface area contributed by atoms with Crippen LogP contribution in [0.2, 0.25) is 0 Å². The summed E-state index contributed by atoms with van der Waals surface area (Å²) in [6.07, 6.45) is 10.6. The van der Waals surface area contributed by atoms with Gasteiger partial charge in [-0.15, -0.1) is 0 Å². The second kappa shape index (κ2) is 10.9. The molecule has 0 aliphatic carbocycles. The van der Waals surface area contributed by atoms with Crippen LogP contribution in [0.4, 0.5) is 0 Å². The van der Waals surface area contributed by atoms with Crippen LogP contribution in [0, 0.1) is 11.2 Å². The Kier molecular flexibility index (Phi) is 10.8. The Labute approximate surface area is 82.5 Å². The van der Waals surface area contributed by atoms with Crippen molar-refractivity contribution >= 4 is 12.6 Å². The van der Waals surface area contributed by atoms with E-state index in [2.05, 4.69) is 30.7 Å². The lowest BCUT2D eigenvalue weighted by molar-refractivity contribution is 0.594. The van der Waals surface area contributed by atoms with Crippen LogP contribution < -0.4 is 0 Å². The van der Waals surface area contributed by atoms with Crippen LogP contribution in [-0.4, -0.2) is 0 Å². The molecule has 12 heavy (non-hydrogen) atoms. The third kappa shape index (κ3) is 9.91. The van der Waals surface area contributed by atoms with Gasteiger partial charge in [-0.3, -0.25) is 0 Å². The van der Waals surface area contributed by atoms with E-state index in [1.54, 1.807) is 0 Å². The topological polar surface area (TPSA) is 0 Å². The molecule has 0 aliphatic rings. The molecule has 0 aromatic carbocycles. The van der Waals surface area contributed by atoms with Gasteiger partial charge in [0.05, 0.1) is 0 Å². The molecule has 1 heteroatoms. The standard InChI is InChI=1S/C11H20S/c1-2-3-4-5-6-7-8-9-10-11-12/h12H,2-9H2,1H3. The van der Waals surface area contributed by atoms with Crippen LogP contribution in [-0.2, 0) is 0 Å².